The molecule has 142 valence electrons. The Labute approximate surface area is 153 Å². The highest BCUT2D eigenvalue weighted by Gasteiger charge is 2.52. The van der Waals surface area contributed by atoms with Crippen molar-refractivity contribution in [2.24, 2.45) is 5.41 Å². The predicted octanol–water partition coefficient (Wildman–Crippen LogP) is 1.86. The first-order chi connectivity index (χ1) is 11.2. The van der Waals surface area contributed by atoms with Crippen molar-refractivity contribution < 1.29 is 30.5 Å². The topological polar surface area (TPSA) is 112 Å². The number of nitrogens with zero attached hydrogens (tertiary/aromatic N) is 1. The Hall–Kier alpha value is -0.740. The highest BCUT2D eigenvalue weighted by Crippen LogP contribution is 2.44. The first kappa shape index (κ1) is 20.6. The van der Waals surface area contributed by atoms with E-state index >= 15 is 0 Å². The van der Waals surface area contributed by atoms with Crippen LogP contribution in [0.4, 0.5) is 0 Å². The number of fused-ring (bicyclic) bond motifs is 1. The van der Waals surface area contributed by atoms with Gasteiger partial charge in [-0.15, -0.1) is 0 Å². The Morgan fingerprint density at radius 1 is 1.20 bits per heavy atom. The van der Waals surface area contributed by atoms with Gasteiger partial charge in [-0.25, -0.2) is 4.58 Å². The lowest BCUT2D eigenvalue weighted by Gasteiger charge is -2.26. The minimum Gasteiger partial charge on any atom is -0.286 e. The average Bonchev–Trinajstić information content (AvgIpc) is 2.62. The summed E-state index contributed by atoms with van der Waals surface area (Å²) in [6.07, 6.45) is 5.07. The Morgan fingerprint density at radius 3 is 2.32 bits per heavy atom. The molecule has 25 heavy (non-hydrogen) atoms. The van der Waals surface area contributed by atoms with Crippen molar-refractivity contribution >= 4 is 37.5 Å². The molecule has 0 fully saturated rings. The summed E-state index contributed by atoms with van der Waals surface area (Å²) < 4.78 is 63.1. The van der Waals surface area contributed by atoms with Gasteiger partial charge >= 0.3 is 0 Å². The summed E-state index contributed by atoms with van der Waals surface area (Å²) in [5.41, 5.74) is 1.13. The maximum atomic E-state index is 11.6. The highest BCUT2D eigenvalue weighted by molar-refractivity contribution is 7.89. The molecular weight excluding hydrogens is 390 g/mol. The van der Waals surface area contributed by atoms with Gasteiger partial charge in [0, 0.05) is 18.1 Å². The SMILES string of the molecule is CC1[N+](CCCCS(=O)(=O)O)=C2C=CC(Cl)(S(=O)(=O)O)C=C2C1(C)C. The molecule has 1 aliphatic carbocycles. The molecular formula is C15H23ClNO6S2+. The molecule has 2 aliphatic rings. The lowest BCUT2D eigenvalue weighted by atomic mass is 9.77. The predicted molar refractivity (Wildman–Crippen MR) is 96.4 cm³/mol. The summed E-state index contributed by atoms with van der Waals surface area (Å²) >= 11 is 6.09. The van der Waals surface area contributed by atoms with Gasteiger partial charge in [-0.1, -0.05) is 11.6 Å². The van der Waals surface area contributed by atoms with Crippen LogP contribution in [0.3, 0.4) is 0 Å². The van der Waals surface area contributed by atoms with Crippen LogP contribution in [0.1, 0.15) is 33.6 Å². The Morgan fingerprint density at radius 2 is 1.80 bits per heavy atom. The van der Waals surface area contributed by atoms with Crippen LogP contribution in [0.15, 0.2) is 23.8 Å². The van der Waals surface area contributed by atoms with Crippen LogP contribution < -0.4 is 0 Å². The van der Waals surface area contributed by atoms with Crippen molar-refractivity contribution in [3.05, 3.63) is 23.8 Å². The van der Waals surface area contributed by atoms with E-state index in [9.17, 15) is 21.4 Å². The number of rotatable bonds is 6. The van der Waals surface area contributed by atoms with Crippen LogP contribution in [-0.2, 0) is 20.2 Å². The molecule has 2 N–H and O–H groups in total. The van der Waals surface area contributed by atoms with Gasteiger partial charge in [0.05, 0.1) is 11.2 Å². The fraction of sp³-hybridized carbons (Fsp3) is 0.667. The monoisotopic (exact) mass is 412 g/mol. The van der Waals surface area contributed by atoms with Gasteiger partial charge in [-0.2, -0.15) is 16.8 Å². The smallest absolute Gasteiger partial charge is 0.286 e. The maximum Gasteiger partial charge on any atom is 0.292 e. The van der Waals surface area contributed by atoms with Gasteiger partial charge < -0.3 is 0 Å². The zero-order valence-corrected chi connectivity index (χ0v) is 16.7. The molecule has 0 aromatic rings. The van der Waals surface area contributed by atoms with Gasteiger partial charge in [0.25, 0.3) is 20.2 Å². The van der Waals surface area contributed by atoms with E-state index in [2.05, 4.69) is 4.58 Å². The van der Waals surface area contributed by atoms with Crippen LogP contribution >= 0.6 is 11.6 Å². The fourth-order valence-electron chi connectivity index (χ4n) is 3.23. The van der Waals surface area contributed by atoms with Crippen molar-refractivity contribution in [1.82, 2.24) is 0 Å². The van der Waals surface area contributed by atoms with Gasteiger partial charge in [-0.05, 0) is 39.3 Å². The molecule has 1 heterocycles. The second-order valence-electron chi connectivity index (χ2n) is 7.03. The highest BCUT2D eigenvalue weighted by atomic mass is 35.5. The number of hydrogen-bond donors (Lipinski definition) is 2. The third-order valence-electron chi connectivity index (χ3n) is 5.05. The molecule has 0 spiro atoms. The summed E-state index contributed by atoms with van der Waals surface area (Å²) in [5.74, 6) is -0.292. The summed E-state index contributed by atoms with van der Waals surface area (Å²) in [6.45, 7) is 6.47. The summed E-state index contributed by atoms with van der Waals surface area (Å²) in [5, 5.41) is 0. The normalized spacial score (nSPS) is 28.9. The molecule has 0 aromatic carbocycles. The molecule has 2 rings (SSSR count). The van der Waals surface area contributed by atoms with Gasteiger partial charge in [0.2, 0.25) is 9.92 Å². The van der Waals surface area contributed by atoms with E-state index in [-0.39, 0.29) is 11.8 Å². The molecule has 0 radical (unpaired) electrons. The molecule has 2 unspecified atom stereocenters. The minimum atomic E-state index is -4.51. The van der Waals surface area contributed by atoms with Crippen LogP contribution in [-0.4, -0.2) is 58.8 Å². The van der Waals surface area contributed by atoms with Crippen LogP contribution in [0.2, 0.25) is 0 Å². The zero-order valence-electron chi connectivity index (χ0n) is 14.3. The maximum absolute atomic E-state index is 11.6. The second-order valence-corrected chi connectivity index (χ2v) is 11.1. The molecule has 0 saturated carbocycles. The van der Waals surface area contributed by atoms with Crippen molar-refractivity contribution in [3.63, 3.8) is 0 Å². The zero-order chi connectivity index (χ0) is 19.3. The largest absolute Gasteiger partial charge is 0.292 e. The van der Waals surface area contributed by atoms with Gasteiger partial charge in [0.15, 0.2) is 6.04 Å². The van der Waals surface area contributed by atoms with Crippen molar-refractivity contribution in [1.29, 1.82) is 0 Å². The van der Waals surface area contributed by atoms with E-state index in [1.807, 2.05) is 20.8 Å². The third kappa shape index (κ3) is 4.00. The molecule has 1 aliphatic heterocycles. The number of halogens is 1. The first-order valence-corrected chi connectivity index (χ1v) is 11.3. The Kier molecular flexibility index (Phi) is 5.31. The van der Waals surface area contributed by atoms with Crippen molar-refractivity contribution in [2.75, 3.05) is 12.3 Å². The molecule has 0 amide bonds. The Balaban J connectivity index is 2.32. The quantitative estimate of drug-likeness (QED) is 0.298. The number of unbranched alkanes of at least 4 members (excludes halogenated alkanes) is 1. The summed E-state index contributed by atoms with van der Waals surface area (Å²) in [4.78, 5) is 0. The fourth-order valence-corrected chi connectivity index (χ4v) is 4.48. The van der Waals surface area contributed by atoms with Crippen LogP contribution in [0.5, 0.6) is 0 Å². The van der Waals surface area contributed by atoms with E-state index in [0.29, 0.717) is 19.4 Å². The molecule has 0 bridgehead atoms. The standard InChI is InChI=1S/C15H22ClNO6S2/c1-11-14(2,3)12-10-15(16,25(21,22)23)7-6-13(12)17(11)8-4-5-9-24(18,19)20/h6-7,10-11H,4-5,8-9H2,1-3H3,(H-,18,19,20,21,22,23)/p+1. The van der Waals surface area contributed by atoms with E-state index in [1.165, 1.54) is 12.2 Å². The van der Waals surface area contributed by atoms with Crippen LogP contribution in [0, 0.1) is 5.41 Å². The van der Waals surface area contributed by atoms with E-state index < -0.39 is 29.9 Å². The number of alkyl halides is 1. The van der Waals surface area contributed by atoms with E-state index in [4.69, 9.17) is 16.2 Å². The lowest BCUT2D eigenvalue weighted by molar-refractivity contribution is -0.565. The third-order valence-corrected chi connectivity index (χ3v) is 7.72. The van der Waals surface area contributed by atoms with Crippen molar-refractivity contribution in [3.8, 4) is 0 Å². The molecule has 7 nitrogen and oxygen atoms in total. The minimum absolute atomic E-state index is 0.0181. The number of allylic oxidation sites excluding steroid dienone is 1. The number of hydrogen-bond acceptors (Lipinski definition) is 4. The molecule has 0 aromatic heterocycles. The van der Waals surface area contributed by atoms with Crippen molar-refractivity contribution in [2.45, 2.75) is 43.9 Å². The summed E-state index contributed by atoms with van der Waals surface area (Å²) in [6, 6.07) is 0.0181. The average molecular weight is 413 g/mol. The van der Waals surface area contributed by atoms with Gasteiger partial charge in [-0.3, -0.25) is 9.11 Å². The molecule has 10 heteroatoms. The Bertz CT molecular complexity index is 870. The van der Waals surface area contributed by atoms with Gasteiger partial charge in [0.1, 0.15) is 6.54 Å². The first-order valence-electron chi connectivity index (χ1n) is 7.87. The lowest BCUT2D eigenvalue weighted by Crippen LogP contribution is -2.34. The summed E-state index contributed by atoms with van der Waals surface area (Å²) in [7, 11) is -8.48. The van der Waals surface area contributed by atoms with E-state index in [1.54, 1.807) is 6.08 Å². The molecule has 0 saturated heterocycles. The van der Waals surface area contributed by atoms with E-state index in [0.717, 1.165) is 11.3 Å². The van der Waals surface area contributed by atoms with Crippen LogP contribution in [0.25, 0.3) is 0 Å². The second kappa shape index (κ2) is 6.45. The molecule has 2 atom stereocenters.